The lowest BCUT2D eigenvalue weighted by molar-refractivity contribution is -0.220. The van der Waals surface area contributed by atoms with E-state index in [-0.39, 0.29) is 0 Å². The fraction of sp³-hybridized carbons (Fsp3) is 1.00. The molecule has 0 aromatic carbocycles. The molecule has 0 saturated heterocycles. The van der Waals surface area contributed by atoms with Gasteiger partial charge in [-0.05, 0) is 13.3 Å². The van der Waals surface area contributed by atoms with Crippen molar-refractivity contribution in [1.82, 2.24) is 0 Å². The maximum Gasteiger partial charge on any atom is 0.224 e. The highest BCUT2D eigenvalue weighted by molar-refractivity contribution is 4.57. The molecule has 0 aliphatic carbocycles. The maximum absolute atomic E-state index is 5.67. The number of nitrogens with two attached hydrogens (primary N) is 1. The zero-order valence-corrected chi connectivity index (χ0v) is 7.02. The van der Waals surface area contributed by atoms with Crippen molar-refractivity contribution in [2.24, 2.45) is 5.73 Å². The van der Waals surface area contributed by atoms with Crippen molar-refractivity contribution in [3.8, 4) is 0 Å². The fourth-order valence-electron chi connectivity index (χ4n) is 0.826. The van der Waals surface area contributed by atoms with Gasteiger partial charge in [-0.2, -0.15) is 0 Å². The summed E-state index contributed by atoms with van der Waals surface area (Å²) in [6.07, 6.45) is 1.70. The van der Waals surface area contributed by atoms with Crippen LogP contribution in [0.2, 0.25) is 0 Å². The summed E-state index contributed by atoms with van der Waals surface area (Å²) in [5.41, 5.74) is 5.67. The van der Waals surface area contributed by atoms with Gasteiger partial charge in [-0.25, -0.2) is 0 Å². The van der Waals surface area contributed by atoms with E-state index in [1.165, 1.54) is 0 Å². The van der Waals surface area contributed by atoms with Crippen LogP contribution < -0.4 is 5.73 Å². The maximum atomic E-state index is 5.67. The molecule has 1 unspecified atom stereocenters. The smallest absolute Gasteiger partial charge is 0.224 e. The molecular weight excluding hydrogens is 130 g/mol. The van der Waals surface area contributed by atoms with Crippen molar-refractivity contribution in [1.29, 1.82) is 0 Å². The highest BCUT2D eigenvalue weighted by atomic mass is 16.7. The standard InChI is InChI=1S/C7H17NO2/c1-4-6-7(8,9-3)10-5-2/h4-6,8H2,1-3H3. The van der Waals surface area contributed by atoms with Crippen LogP contribution in [0.4, 0.5) is 0 Å². The summed E-state index contributed by atoms with van der Waals surface area (Å²) in [5.74, 6) is -0.858. The quantitative estimate of drug-likeness (QED) is 0.592. The second-order valence-electron chi connectivity index (χ2n) is 2.20. The fourth-order valence-corrected chi connectivity index (χ4v) is 0.826. The Bertz CT molecular complexity index is 79.7. The SMILES string of the molecule is CCCC(N)(OC)OCC. The van der Waals surface area contributed by atoms with Crippen LogP contribution in [0.5, 0.6) is 0 Å². The van der Waals surface area contributed by atoms with Gasteiger partial charge in [0.2, 0.25) is 5.91 Å². The van der Waals surface area contributed by atoms with E-state index < -0.39 is 5.91 Å². The molecule has 1 atom stereocenters. The first-order valence-electron chi connectivity index (χ1n) is 3.66. The molecule has 10 heavy (non-hydrogen) atoms. The number of ether oxygens (including phenoxy) is 2. The first-order valence-corrected chi connectivity index (χ1v) is 3.66. The number of rotatable bonds is 5. The van der Waals surface area contributed by atoms with Gasteiger partial charge in [0.1, 0.15) is 0 Å². The van der Waals surface area contributed by atoms with Gasteiger partial charge >= 0.3 is 0 Å². The normalized spacial score (nSPS) is 16.8. The Morgan fingerprint density at radius 1 is 1.40 bits per heavy atom. The van der Waals surface area contributed by atoms with E-state index in [9.17, 15) is 0 Å². The first-order chi connectivity index (χ1) is 4.68. The summed E-state index contributed by atoms with van der Waals surface area (Å²) < 4.78 is 10.1. The molecule has 0 aliphatic heterocycles. The van der Waals surface area contributed by atoms with Gasteiger partial charge in [0.05, 0.1) is 0 Å². The molecule has 0 heterocycles. The third-order valence-electron chi connectivity index (χ3n) is 1.33. The van der Waals surface area contributed by atoms with E-state index in [1.807, 2.05) is 13.8 Å². The first kappa shape index (κ1) is 9.88. The second-order valence-corrected chi connectivity index (χ2v) is 2.20. The van der Waals surface area contributed by atoms with Gasteiger partial charge in [0.15, 0.2) is 0 Å². The van der Waals surface area contributed by atoms with Crippen LogP contribution in [0.1, 0.15) is 26.7 Å². The predicted molar refractivity (Wildman–Crippen MR) is 40.5 cm³/mol. The Kier molecular flexibility index (Phi) is 4.60. The van der Waals surface area contributed by atoms with Crippen molar-refractivity contribution < 1.29 is 9.47 Å². The van der Waals surface area contributed by atoms with Crippen LogP contribution in [-0.2, 0) is 9.47 Å². The third-order valence-corrected chi connectivity index (χ3v) is 1.33. The summed E-state index contributed by atoms with van der Waals surface area (Å²) in [5, 5.41) is 0. The molecule has 62 valence electrons. The minimum atomic E-state index is -0.858. The van der Waals surface area contributed by atoms with E-state index >= 15 is 0 Å². The molecule has 3 nitrogen and oxygen atoms in total. The lowest BCUT2D eigenvalue weighted by Crippen LogP contribution is -2.44. The summed E-state index contributed by atoms with van der Waals surface area (Å²) in [6, 6.07) is 0. The summed E-state index contributed by atoms with van der Waals surface area (Å²) in [7, 11) is 1.56. The van der Waals surface area contributed by atoms with E-state index in [0.29, 0.717) is 6.61 Å². The van der Waals surface area contributed by atoms with Gasteiger partial charge < -0.3 is 9.47 Å². The minimum absolute atomic E-state index is 0.588. The molecule has 0 aromatic rings. The molecule has 0 fully saturated rings. The lowest BCUT2D eigenvalue weighted by atomic mass is 10.3. The van der Waals surface area contributed by atoms with Crippen LogP contribution in [0, 0.1) is 0 Å². The van der Waals surface area contributed by atoms with Gasteiger partial charge in [0, 0.05) is 20.1 Å². The molecular formula is C7H17NO2. The zero-order valence-electron chi connectivity index (χ0n) is 7.02. The van der Waals surface area contributed by atoms with Gasteiger partial charge in [-0.1, -0.05) is 6.92 Å². The third kappa shape index (κ3) is 3.15. The zero-order chi connectivity index (χ0) is 8.04. The van der Waals surface area contributed by atoms with E-state index in [0.717, 1.165) is 12.8 Å². The largest absolute Gasteiger partial charge is 0.341 e. The number of hydrogen-bond donors (Lipinski definition) is 1. The van der Waals surface area contributed by atoms with E-state index in [2.05, 4.69) is 0 Å². The molecule has 0 amide bonds. The Labute approximate surface area is 62.5 Å². The van der Waals surface area contributed by atoms with Gasteiger partial charge in [-0.3, -0.25) is 5.73 Å². The van der Waals surface area contributed by atoms with E-state index in [4.69, 9.17) is 15.2 Å². The van der Waals surface area contributed by atoms with Crippen molar-refractivity contribution in [2.45, 2.75) is 32.6 Å². The molecule has 0 aromatic heterocycles. The second kappa shape index (κ2) is 4.66. The molecule has 3 heteroatoms. The van der Waals surface area contributed by atoms with Crippen molar-refractivity contribution in [2.75, 3.05) is 13.7 Å². The van der Waals surface area contributed by atoms with Gasteiger partial charge in [-0.15, -0.1) is 0 Å². The average Bonchev–Trinajstić information content (AvgIpc) is 1.89. The van der Waals surface area contributed by atoms with Crippen molar-refractivity contribution in [3.63, 3.8) is 0 Å². The highest BCUT2D eigenvalue weighted by Crippen LogP contribution is 2.11. The Balaban J connectivity index is 3.69. The van der Waals surface area contributed by atoms with Crippen molar-refractivity contribution in [3.05, 3.63) is 0 Å². The molecule has 0 bridgehead atoms. The van der Waals surface area contributed by atoms with Crippen LogP contribution in [0.25, 0.3) is 0 Å². The molecule has 2 N–H and O–H groups in total. The highest BCUT2D eigenvalue weighted by Gasteiger charge is 2.22. The number of hydrogen-bond acceptors (Lipinski definition) is 3. The molecule has 0 saturated carbocycles. The summed E-state index contributed by atoms with van der Waals surface area (Å²) in [4.78, 5) is 0. The van der Waals surface area contributed by atoms with Crippen LogP contribution >= 0.6 is 0 Å². The lowest BCUT2D eigenvalue weighted by Gasteiger charge is -2.26. The number of methoxy groups -OCH3 is 1. The van der Waals surface area contributed by atoms with Gasteiger partial charge in [0.25, 0.3) is 0 Å². The Hall–Kier alpha value is -0.120. The van der Waals surface area contributed by atoms with Crippen LogP contribution in [0.15, 0.2) is 0 Å². The molecule has 0 rings (SSSR count). The minimum Gasteiger partial charge on any atom is -0.341 e. The monoisotopic (exact) mass is 147 g/mol. The summed E-state index contributed by atoms with van der Waals surface area (Å²) in [6.45, 7) is 4.53. The predicted octanol–water partition coefficient (Wildman–Crippen LogP) is 1.08. The van der Waals surface area contributed by atoms with Crippen LogP contribution in [-0.4, -0.2) is 19.6 Å². The molecule has 0 aliphatic rings. The molecule has 0 spiro atoms. The van der Waals surface area contributed by atoms with Crippen molar-refractivity contribution >= 4 is 0 Å². The topological polar surface area (TPSA) is 44.5 Å². The summed E-state index contributed by atoms with van der Waals surface area (Å²) >= 11 is 0. The van der Waals surface area contributed by atoms with Crippen LogP contribution in [0.3, 0.4) is 0 Å². The average molecular weight is 147 g/mol. The Morgan fingerprint density at radius 2 is 2.00 bits per heavy atom. The Morgan fingerprint density at radius 3 is 2.30 bits per heavy atom. The molecule has 0 radical (unpaired) electrons. The van der Waals surface area contributed by atoms with E-state index in [1.54, 1.807) is 7.11 Å².